The Bertz CT molecular complexity index is 666. The molecule has 1 unspecified atom stereocenters. The topological polar surface area (TPSA) is 78.4 Å². The number of aryl methyl sites for hydroxylation is 1. The number of para-hydroxylation sites is 1. The summed E-state index contributed by atoms with van der Waals surface area (Å²) < 4.78 is 0. The van der Waals surface area contributed by atoms with Gasteiger partial charge >= 0.3 is 12.0 Å². The van der Waals surface area contributed by atoms with E-state index in [0.29, 0.717) is 0 Å². The van der Waals surface area contributed by atoms with Crippen LogP contribution in [0.1, 0.15) is 33.1 Å². The van der Waals surface area contributed by atoms with Crippen molar-refractivity contribution in [3.63, 3.8) is 0 Å². The molecule has 6 heteroatoms. The van der Waals surface area contributed by atoms with Gasteiger partial charge < -0.3 is 15.7 Å². The molecule has 0 radical (unpaired) electrons. The second kappa shape index (κ2) is 6.41. The van der Waals surface area contributed by atoms with E-state index in [1.165, 1.54) is 10.9 Å². The summed E-state index contributed by atoms with van der Waals surface area (Å²) in [7, 11) is 0. The van der Waals surface area contributed by atoms with Crippen molar-refractivity contribution in [2.24, 2.45) is 0 Å². The highest BCUT2D eigenvalue weighted by Crippen LogP contribution is 2.22. The first-order chi connectivity index (χ1) is 9.97. The summed E-state index contributed by atoms with van der Waals surface area (Å²) in [5.74, 6) is -1.08. The lowest BCUT2D eigenvalue weighted by atomic mass is 10.2. The average Bonchev–Trinajstić information content (AvgIpc) is 2.85. The number of benzene rings is 1. The molecule has 1 aromatic carbocycles. The lowest BCUT2D eigenvalue weighted by Crippen LogP contribution is -2.31. The number of anilines is 1. The van der Waals surface area contributed by atoms with E-state index < -0.39 is 12.0 Å². The van der Waals surface area contributed by atoms with Crippen molar-refractivity contribution in [1.82, 2.24) is 5.32 Å². The third kappa shape index (κ3) is 3.82. The number of carboxylic acid groups (broad SMARTS) is 1. The fourth-order valence-electron chi connectivity index (χ4n) is 1.89. The Kier molecular flexibility index (Phi) is 4.59. The predicted octanol–water partition coefficient (Wildman–Crippen LogP) is 3.64. The maximum absolute atomic E-state index is 12.0. The average molecular weight is 304 g/mol. The van der Waals surface area contributed by atoms with Crippen molar-refractivity contribution in [2.75, 3.05) is 5.32 Å². The van der Waals surface area contributed by atoms with Gasteiger partial charge in [0.2, 0.25) is 0 Å². The third-order valence-electron chi connectivity index (χ3n) is 2.94. The van der Waals surface area contributed by atoms with Crippen LogP contribution in [0.25, 0.3) is 0 Å². The van der Waals surface area contributed by atoms with E-state index in [9.17, 15) is 9.59 Å². The van der Waals surface area contributed by atoms with E-state index in [4.69, 9.17) is 5.11 Å². The second-order valence-corrected chi connectivity index (χ2v) is 5.94. The Hall–Kier alpha value is -2.34. The summed E-state index contributed by atoms with van der Waals surface area (Å²) >= 11 is 1.62. The second-order valence-electron chi connectivity index (χ2n) is 4.62. The maximum Gasteiger partial charge on any atom is 0.337 e. The molecule has 0 fully saturated rings. The molecule has 0 bridgehead atoms. The van der Waals surface area contributed by atoms with Gasteiger partial charge in [-0.25, -0.2) is 9.59 Å². The van der Waals surface area contributed by atoms with Crippen molar-refractivity contribution in [3.8, 4) is 0 Å². The number of urea groups is 1. The third-order valence-corrected chi connectivity index (χ3v) is 4.12. The molecule has 0 aliphatic carbocycles. The monoisotopic (exact) mass is 304 g/mol. The number of thiophene rings is 1. The van der Waals surface area contributed by atoms with Gasteiger partial charge in [-0.05, 0) is 38.1 Å². The summed E-state index contributed by atoms with van der Waals surface area (Å²) in [4.78, 5) is 25.3. The van der Waals surface area contributed by atoms with Crippen molar-refractivity contribution in [3.05, 3.63) is 51.7 Å². The summed E-state index contributed by atoms with van der Waals surface area (Å²) in [5.41, 5.74) is 0.337. The first-order valence-electron chi connectivity index (χ1n) is 6.43. The van der Waals surface area contributed by atoms with E-state index in [-0.39, 0.29) is 17.3 Å². The minimum Gasteiger partial charge on any atom is -0.478 e. The standard InChI is InChI=1S/C15H16N2O3S/c1-9-7-8-13(21-9)10(2)16-15(20)17-12-6-4-3-5-11(12)14(18)19/h3-8,10H,1-2H3,(H,18,19)(H2,16,17,20). The number of aromatic carboxylic acids is 1. The van der Waals surface area contributed by atoms with Crippen LogP contribution in [0.5, 0.6) is 0 Å². The molecule has 0 aliphatic rings. The van der Waals surface area contributed by atoms with E-state index >= 15 is 0 Å². The number of carbonyl (C=O) groups is 2. The Morgan fingerprint density at radius 3 is 2.52 bits per heavy atom. The Morgan fingerprint density at radius 2 is 1.90 bits per heavy atom. The van der Waals surface area contributed by atoms with Gasteiger partial charge in [0.25, 0.3) is 0 Å². The van der Waals surface area contributed by atoms with Gasteiger partial charge in [-0.3, -0.25) is 0 Å². The van der Waals surface area contributed by atoms with Crippen molar-refractivity contribution in [1.29, 1.82) is 0 Å². The minimum atomic E-state index is -1.08. The molecule has 5 nitrogen and oxygen atoms in total. The van der Waals surface area contributed by atoms with E-state index in [2.05, 4.69) is 10.6 Å². The number of carbonyl (C=O) groups excluding carboxylic acids is 1. The van der Waals surface area contributed by atoms with Crippen molar-refractivity contribution >= 4 is 29.0 Å². The van der Waals surface area contributed by atoms with Crippen LogP contribution in [0.4, 0.5) is 10.5 Å². The van der Waals surface area contributed by atoms with Gasteiger partial charge in [0.15, 0.2) is 0 Å². The van der Waals surface area contributed by atoms with Crippen LogP contribution in [0.2, 0.25) is 0 Å². The normalized spacial score (nSPS) is 11.7. The fraction of sp³-hybridized carbons (Fsp3) is 0.200. The zero-order chi connectivity index (χ0) is 15.4. The lowest BCUT2D eigenvalue weighted by Gasteiger charge is -2.14. The van der Waals surface area contributed by atoms with Gasteiger partial charge in [-0.1, -0.05) is 12.1 Å². The summed E-state index contributed by atoms with van der Waals surface area (Å²) in [6.07, 6.45) is 0. The van der Waals surface area contributed by atoms with Crippen LogP contribution in [-0.4, -0.2) is 17.1 Å². The molecule has 21 heavy (non-hydrogen) atoms. The Labute approximate surface area is 126 Å². The molecule has 1 atom stereocenters. The summed E-state index contributed by atoms with van der Waals surface area (Å²) in [5, 5.41) is 14.4. The first-order valence-corrected chi connectivity index (χ1v) is 7.25. The lowest BCUT2D eigenvalue weighted by molar-refractivity contribution is 0.0698. The van der Waals surface area contributed by atoms with Gasteiger partial charge in [-0.15, -0.1) is 11.3 Å². The summed E-state index contributed by atoms with van der Waals surface area (Å²) in [6.45, 7) is 3.89. The maximum atomic E-state index is 12.0. The molecule has 0 saturated heterocycles. The number of rotatable bonds is 4. The molecule has 2 aromatic rings. The molecule has 2 rings (SSSR count). The van der Waals surface area contributed by atoms with Gasteiger partial charge in [0, 0.05) is 9.75 Å². The number of amides is 2. The van der Waals surface area contributed by atoms with Crippen LogP contribution in [0.15, 0.2) is 36.4 Å². The SMILES string of the molecule is Cc1ccc(C(C)NC(=O)Nc2ccccc2C(=O)O)s1. The summed E-state index contributed by atoms with van der Waals surface area (Å²) in [6, 6.07) is 9.69. The number of hydrogen-bond donors (Lipinski definition) is 3. The fourth-order valence-corrected chi connectivity index (χ4v) is 2.77. The van der Waals surface area contributed by atoms with Gasteiger partial charge in [0.05, 0.1) is 17.3 Å². The minimum absolute atomic E-state index is 0.0623. The van der Waals surface area contributed by atoms with E-state index in [1.807, 2.05) is 26.0 Å². The number of hydrogen-bond acceptors (Lipinski definition) is 3. The quantitative estimate of drug-likeness (QED) is 0.807. The van der Waals surface area contributed by atoms with E-state index in [0.717, 1.165) is 4.88 Å². The van der Waals surface area contributed by atoms with Crippen molar-refractivity contribution in [2.45, 2.75) is 19.9 Å². The zero-order valence-electron chi connectivity index (χ0n) is 11.7. The van der Waals surface area contributed by atoms with Crippen LogP contribution in [0, 0.1) is 6.92 Å². The van der Waals surface area contributed by atoms with E-state index in [1.54, 1.807) is 29.5 Å². The molecule has 1 heterocycles. The number of carboxylic acids is 1. The molecule has 0 spiro atoms. The highest BCUT2D eigenvalue weighted by Gasteiger charge is 2.14. The molecule has 1 aromatic heterocycles. The molecule has 2 amide bonds. The molecule has 0 saturated carbocycles. The van der Waals surface area contributed by atoms with Crippen LogP contribution in [-0.2, 0) is 0 Å². The smallest absolute Gasteiger partial charge is 0.337 e. The molecular formula is C15H16N2O3S. The van der Waals surface area contributed by atoms with Crippen molar-refractivity contribution < 1.29 is 14.7 Å². The molecular weight excluding hydrogens is 288 g/mol. The Morgan fingerprint density at radius 1 is 1.19 bits per heavy atom. The van der Waals surface area contributed by atoms with Crippen LogP contribution in [0.3, 0.4) is 0 Å². The molecule has 3 N–H and O–H groups in total. The molecule has 0 aliphatic heterocycles. The van der Waals surface area contributed by atoms with Gasteiger partial charge in [-0.2, -0.15) is 0 Å². The van der Waals surface area contributed by atoms with Crippen LogP contribution < -0.4 is 10.6 Å². The van der Waals surface area contributed by atoms with Gasteiger partial charge in [0.1, 0.15) is 0 Å². The Balaban J connectivity index is 2.04. The first kappa shape index (κ1) is 15.1. The highest BCUT2D eigenvalue weighted by atomic mass is 32.1. The van der Waals surface area contributed by atoms with Crippen LogP contribution >= 0.6 is 11.3 Å². The predicted molar refractivity (Wildman–Crippen MR) is 83.0 cm³/mol. The highest BCUT2D eigenvalue weighted by molar-refractivity contribution is 7.12. The molecule has 110 valence electrons. The zero-order valence-corrected chi connectivity index (χ0v) is 12.5. The number of nitrogens with one attached hydrogen (secondary N) is 2. The largest absolute Gasteiger partial charge is 0.478 e.